The van der Waals surface area contributed by atoms with Crippen LogP contribution in [0.5, 0.6) is 0 Å². The highest BCUT2D eigenvalue weighted by atomic mass is 16.5. The van der Waals surface area contributed by atoms with E-state index in [1.807, 2.05) is 6.92 Å². The Labute approximate surface area is 128 Å². The molecule has 2 amide bonds. The van der Waals surface area contributed by atoms with Gasteiger partial charge in [-0.15, -0.1) is 0 Å². The molecule has 5 heteroatoms. The van der Waals surface area contributed by atoms with Crippen molar-refractivity contribution < 1.29 is 14.6 Å². The SMILES string of the molecule is COCC(C)NC(=O)NCC1(O)CCC(C(C)(C)C)CC1. The Bertz CT molecular complexity index is 331. The first-order valence-electron chi connectivity index (χ1n) is 7.92. The Morgan fingerprint density at radius 2 is 1.95 bits per heavy atom. The van der Waals surface area contributed by atoms with Crippen LogP contribution in [0.4, 0.5) is 4.79 Å². The topological polar surface area (TPSA) is 70.6 Å². The molecule has 124 valence electrons. The summed E-state index contributed by atoms with van der Waals surface area (Å²) in [4.78, 5) is 11.7. The number of methoxy groups -OCH3 is 1. The van der Waals surface area contributed by atoms with Crippen molar-refractivity contribution in [3.05, 3.63) is 0 Å². The first-order chi connectivity index (χ1) is 9.66. The molecule has 0 aliphatic heterocycles. The van der Waals surface area contributed by atoms with Crippen molar-refractivity contribution in [3.8, 4) is 0 Å². The van der Waals surface area contributed by atoms with Crippen LogP contribution in [0, 0.1) is 11.3 Å². The molecule has 0 heterocycles. The van der Waals surface area contributed by atoms with E-state index < -0.39 is 5.60 Å². The maximum Gasteiger partial charge on any atom is 0.315 e. The van der Waals surface area contributed by atoms with Gasteiger partial charge in [0.05, 0.1) is 18.2 Å². The van der Waals surface area contributed by atoms with Crippen LogP contribution in [-0.2, 0) is 4.74 Å². The molecule has 1 unspecified atom stereocenters. The molecule has 0 aromatic rings. The molecule has 21 heavy (non-hydrogen) atoms. The molecular weight excluding hydrogens is 268 g/mol. The van der Waals surface area contributed by atoms with Crippen molar-refractivity contribution in [2.45, 2.75) is 65.0 Å². The summed E-state index contributed by atoms with van der Waals surface area (Å²) in [6.07, 6.45) is 3.54. The monoisotopic (exact) mass is 300 g/mol. The summed E-state index contributed by atoms with van der Waals surface area (Å²) in [5, 5.41) is 16.1. The normalized spacial score (nSPS) is 28.0. The molecule has 3 N–H and O–H groups in total. The van der Waals surface area contributed by atoms with E-state index in [1.165, 1.54) is 0 Å². The van der Waals surface area contributed by atoms with Gasteiger partial charge < -0.3 is 20.5 Å². The average molecular weight is 300 g/mol. The Hall–Kier alpha value is -0.810. The number of urea groups is 1. The third-order valence-corrected chi connectivity index (χ3v) is 4.51. The Morgan fingerprint density at radius 1 is 1.38 bits per heavy atom. The fourth-order valence-electron chi connectivity index (χ4n) is 3.01. The van der Waals surface area contributed by atoms with Gasteiger partial charge >= 0.3 is 6.03 Å². The predicted octanol–water partition coefficient (Wildman–Crippen LogP) is 2.29. The van der Waals surface area contributed by atoms with Crippen molar-refractivity contribution in [1.29, 1.82) is 0 Å². The van der Waals surface area contributed by atoms with E-state index in [4.69, 9.17) is 4.74 Å². The van der Waals surface area contributed by atoms with Gasteiger partial charge in [0.25, 0.3) is 0 Å². The first-order valence-corrected chi connectivity index (χ1v) is 7.92. The van der Waals surface area contributed by atoms with Gasteiger partial charge in [0, 0.05) is 13.7 Å². The lowest BCUT2D eigenvalue weighted by molar-refractivity contribution is -0.0219. The van der Waals surface area contributed by atoms with Crippen LogP contribution < -0.4 is 10.6 Å². The maximum atomic E-state index is 11.7. The minimum absolute atomic E-state index is 0.0405. The summed E-state index contributed by atoms with van der Waals surface area (Å²) in [5.74, 6) is 0.647. The average Bonchev–Trinajstić information content (AvgIpc) is 2.36. The molecule has 0 radical (unpaired) electrons. The standard InChI is InChI=1S/C16H32N2O3/c1-12(10-21-5)18-14(19)17-11-16(20)8-6-13(7-9-16)15(2,3)4/h12-13,20H,6-11H2,1-5H3,(H2,17,18,19). The second kappa shape index (κ2) is 7.45. The van der Waals surface area contributed by atoms with Gasteiger partial charge in [-0.05, 0) is 43.9 Å². The van der Waals surface area contributed by atoms with Crippen molar-refractivity contribution in [2.75, 3.05) is 20.3 Å². The number of hydrogen-bond donors (Lipinski definition) is 3. The number of hydrogen-bond acceptors (Lipinski definition) is 3. The summed E-state index contributed by atoms with van der Waals surface area (Å²) in [7, 11) is 1.60. The third kappa shape index (κ3) is 6.22. The molecule has 1 saturated carbocycles. The van der Waals surface area contributed by atoms with Gasteiger partial charge in [-0.25, -0.2) is 4.79 Å². The molecule has 1 atom stereocenters. The minimum atomic E-state index is -0.760. The molecule has 1 aliphatic carbocycles. The number of carbonyl (C=O) groups excluding carboxylic acids is 1. The van der Waals surface area contributed by atoms with Crippen LogP contribution in [0.15, 0.2) is 0 Å². The molecule has 0 saturated heterocycles. The van der Waals surface area contributed by atoms with Gasteiger partial charge in [0.1, 0.15) is 0 Å². The molecule has 1 aliphatic rings. The smallest absolute Gasteiger partial charge is 0.315 e. The van der Waals surface area contributed by atoms with Crippen LogP contribution in [0.2, 0.25) is 0 Å². The van der Waals surface area contributed by atoms with E-state index in [-0.39, 0.29) is 12.1 Å². The number of rotatable bonds is 5. The van der Waals surface area contributed by atoms with E-state index in [1.54, 1.807) is 7.11 Å². The van der Waals surface area contributed by atoms with E-state index in [0.29, 0.717) is 24.5 Å². The first kappa shape index (κ1) is 18.2. The number of aliphatic hydroxyl groups is 1. The van der Waals surface area contributed by atoms with Crippen molar-refractivity contribution in [1.82, 2.24) is 10.6 Å². The third-order valence-electron chi connectivity index (χ3n) is 4.51. The number of amides is 2. The Balaban J connectivity index is 2.34. The molecule has 0 aromatic heterocycles. The zero-order valence-electron chi connectivity index (χ0n) is 14.2. The summed E-state index contributed by atoms with van der Waals surface area (Å²) in [5.41, 5.74) is -0.467. The highest BCUT2D eigenvalue weighted by molar-refractivity contribution is 5.74. The van der Waals surface area contributed by atoms with Gasteiger partial charge in [0.15, 0.2) is 0 Å². The number of nitrogens with one attached hydrogen (secondary N) is 2. The quantitative estimate of drug-likeness (QED) is 0.729. The van der Waals surface area contributed by atoms with E-state index in [0.717, 1.165) is 25.7 Å². The molecule has 5 nitrogen and oxygen atoms in total. The van der Waals surface area contributed by atoms with Crippen molar-refractivity contribution in [3.63, 3.8) is 0 Å². The molecular formula is C16H32N2O3. The predicted molar refractivity (Wildman–Crippen MR) is 84.2 cm³/mol. The second-order valence-corrected chi connectivity index (χ2v) is 7.55. The molecule has 1 fully saturated rings. The lowest BCUT2D eigenvalue weighted by Gasteiger charge is -2.41. The number of carbonyl (C=O) groups is 1. The molecule has 0 bridgehead atoms. The van der Waals surface area contributed by atoms with Gasteiger partial charge in [0.2, 0.25) is 0 Å². The summed E-state index contributed by atoms with van der Waals surface area (Å²) in [6, 6.07) is -0.285. The van der Waals surface area contributed by atoms with Crippen molar-refractivity contribution >= 4 is 6.03 Å². The van der Waals surface area contributed by atoms with Crippen LogP contribution in [-0.4, -0.2) is 43.0 Å². The van der Waals surface area contributed by atoms with Crippen LogP contribution in [0.25, 0.3) is 0 Å². The van der Waals surface area contributed by atoms with E-state index in [2.05, 4.69) is 31.4 Å². The largest absolute Gasteiger partial charge is 0.388 e. The fraction of sp³-hybridized carbons (Fsp3) is 0.938. The van der Waals surface area contributed by atoms with Gasteiger partial charge in [-0.3, -0.25) is 0 Å². The molecule has 0 aromatic carbocycles. The Kier molecular flexibility index (Phi) is 6.47. The fourth-order valence-corrected chi connectivity index (χ4v) is 3.01. The van der Waals surface area contributed by atoms with Gasteiger partial charge in [-0.2, -0.15) is 0 Å². The molecule has 1 rings (SSSR count). The lowest BCUT2D eigenvalue weighted by Crippen LogP contribution is -2.50. The zero-order chi connectivity index (χ0) is 16.1. The highest BCUT2D eigenvalue weighted by Gasteiger charge is 2.37. The minimum Gasteiger partial charge on any atom is -0.388 e. The highest BCUT2D eigenvalue weighted by Crippen LogP contribution is 2.41. The summed E-state index contributed by atoms with van der Waals surface area (Å²) in [6.45, 7) is 9.44. The van der Waals surface area contributed by atoms with Crippen molar-refractivity contribution in [2.24, 2.45) is 11.3 Å². The number of ether oxygens (including phenoxy) is 1. The second-order valence-electron chi connectivity index (χ2n) is 7.55. The van der Waals surface area contributed by atoms with Crippen LogP contribution in [0.3, 0.4) is 0 Å². The zero-order valence-corrected chi connectivity index (χ0v) is 14.2. The molecule has 0 spiro atoms. The van der Waals surface area contributed by atoms with E-state index >= 15 is 0 Å². The maximum absolute atomic E-state index is 11.7. The lowest BCUT2D eigenvalue weighted by atomic mass is 9.68. The van der Waals surface area contributed by atoms with Crippen LogP contribution in [0.1, 0.15) is 53.4 Å². The Morgan fingerprint density at radius 3 is 2.43 bits per heavy atom. The van der Waals surface area contributed by atoms with Crippen LogP contribution >= 0.6 is 0 Å². The van der Waals surface area contributed by atoms with E-state index in [9.17, 15) is 9.90 Å². The van der Waals surface area contributed by atoms with Gasteiger partial charge in [-0.1, -0.05) is 20.8 Å². The summed E-state index contributed by atoms with van der Waals surface area (Å²) >= 11 is 0. The summed E-state index contributed by atoms with van der Waals surface area (Å²) < 4.78 is 4.97.